The molecule has 2 unspecified atom stereocenters. The van der Waals surface area contributed by atoms with Crippen molar-refractivity contribution in [2.24, 2.45) is 5.92 Å². The number of hydroxylamine groups is 1. The van der Waals surface area contributed by atoms with Gasteiger partial charge in [0, 0.05) is 6.04 Å². The summed E-state index contributed by atoms with van der Waals surface area (Å²) in [5.41, 5.74) is 2.98. The van der Waals surface area contributed by atoms with Crippen molar-refractivity contribution in [3.05, 3.63) is 0 Å². The van der Waals surface area contributed by atoms with Crippen molar-refractivity contribution in [3.63, 3.8) is 0 Å². The summed E-state index contributed by atoms with van der Waals surface area (Å²) in [6, 6.07) is 0.425. The largest absolute Gasteiger partial charge is 0.296 e. The predicted molar refractivity (Wildman–Crippen MR) is 52.9 cm³/mol. The summed E-state index contributed by atoms with van der Waals surface area (Å²) in [7, 11) is 0. The van der Waals surface area contributed by atoms with Gasteiger partial charge in [-0.2, -0.15) is 5.48 Å². The standard InChI is InChI=1S/C10H23NO/c1-7-8(2)9(3)11-12-10(4,5)6/h8-9,11H,7H2,1-6H3. The third-order valence-corrected chi connectivity index (χ3v) is 2.05. The number of hydrogen-bond donors (Lipinski definition) is 1. The lowest BCUT2D eigenvalue weighted by Gasteiger charge is -2.25. The fourth-order valence-electron chi connectivity index (χ4n) is 0.739. The van der Waals surface area contributed by atoms with Crippen LogP contribution in [-0.4, -0.2) is 11.6 Å². The molecule has 0 saturated heterocycles. The Balaban J connectivity index is 3.64. The van der Waals surface area contributed by atoms with Crippen LogP contribution < -0.4 is 5.48 Å². The van der Waals surface area contributed by atoms with E-state index in [0.717, 1.165) is 0 Å². The highest BCUT2D eigenvalue weighted by molar-refractivity contribution is 4.64. The van der Waals surface area contributed by atoms with Crippen molar-refractivity contribution >= 4 is 0 Å². The van der Waals surface area contributed by atoms with Gasteiger partial charge >= 0.3 is 0 Å². The molecule has 0 rings (SSSR count). The smallest absolute Gasteiger partial charge is 0.0813 e. The molecule has 0 spiro atoms. The Bertz CT molecular complexity index is 117. The summed E-state index contributed by atoms with van der Waals surface area (Å²) in [4.78, 5) is 5.46. The molecule has 0 amide bonds. The molecule has 12 heavy (non-hydrogen) atoms. The van der Waals surface area contributed by atoms with Crippen LogP contribution in [0.1, 0.15) is 48.0 Å². The van der Waals surface area contributed by atoms with E-state index in [1.807, 2.05) is 20.8 Å². The third-order valence-electron chi connectivity index (χ3n) is 2.05. The van der Waals surface area contributed by atoms with E-state index in [2.05, 4.69) is 26.3 Å². The molecule has 74 valence electrons. The van der Waals surface area contributed by atoms with E-state index in [4.69, 9.17) is 4.84 Å². The molecule has 0 aromatic heterocycles. The van der Waals surface area contributed by atoms with Crippen LogP contribution in [0, 0.1) is 5.92 Å². The highest BCUT2D eigenvalue weighted by atomic mass is 16.7. The van der Waals surface area contributed by atoms with Gasteiger partial charge in [-0.1, -0.05) is 20.3 Å². The van der Waals surface area contributed by atoms with Crippen molar-refractivity contribution in [1.82, 2.24) is 5.48 Å². The van der Waals surface area contributed by atoms with Gasteiger partial charge in [-0.05, 0) is 33.6 Å². The van der Waals surface area contributed by atoms with E-state index in [-0.39, 0.29) is 5.60 Å². The summed E-state index contributed by atoms with van der Waals surface area (Å²) < 4.78 is 0. The molecule has 0 radical (unpaired) electrons. The SMILES string of the molecule is CCC(C)C(C)NOC(C)(C)C. The Morgan fingerprint density at radius 2 is 1.75 bits per heavy atom. The van der Waals surface area contributed by atoms with Crippen LogP contribution in [0.25, 0.3) is 0 Å². The van der Waals surface area contributed by atoms with Gasteiger partial charge in [0.05, 0.1) is 5.60 Å². The van der Waals surface area contributed by atoms with Gasteiger partial charge in [-0.25, -0.2) is 0 Å². The second-order valence-electron chi connectivity index (χ2n) is 4.51. The first kappa shape index (κ1) is 11.9. The fraction of sp³-hybridized carbons (Fsp3) is 1.00. The Morgan fingerprint density at radius 1 is 1.25 bits per heavy atom. The predicted octanol–water partition coefficient (Wildman–Crippen LogP) is 2.74. The normalized spacial score (nSPS) is 17.5. The van der Waals surface area contributed by atoms with Gasteiger partial charge in [-0.3, -0.25) is 4.84 Å². The monoisotopic (exact) mass is 173 g/mol. The summed E-state index contributed by atoms with van der Waals surface area (Å²) in [6.07, 6.45) is 1.18. The maximum Gasteiger partial charge on any atom is 0.0813 e. The lowest BCUT2D eigenvalue weighted by Crippen LogP contribution is -2.38. The average molecular weight is 173 g/mol. The zero-order valence-corrected chi connectivity index (χ0v) is 9.27. The zero-order chi connectivity index (χ0) is 9.78. The Kier molecular flexibility index (Phi) is 4.80. The minimum Gasteiger partial charge on any atom is -0.296 e. The molecule has 1 N–H and O–H groups in total. The van der Waals surface area contributed by atoms with E-state index in [1.165, 1.54) is 6.42 Å². The highest BCUT2D eigenvalue weighted by Gasteiger charge is 2.15. The molecule has 0 bridgehead atoms. The third kappa shape index (κ3) is 5.56. The Morgan fingerprint density at radius 3 is 2.08 bits per heavy atom. The Hall–Kier alpha value is -0.0800. The molecule has 0 aromatic rings. The first-order valence-electron chi connectivity index (χ1n) is 4.80. The first-order valence-corrected chi connectivity index (χ1v) is 4.80. The van der Waals surface area contributed by atoms with Crippen LogP contribution in [0.15, 0.2) is 0 Å². The van der Waals surface area contributed by atoms with Crippen LogP contribution in [0.2, 0.25) is 0 Å². The van der Waals surface area contributed by atoms with Gasteiger partial charge < -0.3 is 0 Å². The molecule has 2 heteroatoms. The summed E-state index contributed by atoms with van der Waals surface area (Å²) in [6.45, 7) is 12.7. The van der Waals surface area contributed by atoms with Gasteiger partial charge in [-0.15, -0.1) is 0 Å². The topological polar surface area (TPSA) is 21.3 Å². The number of rotatable bonds is 4. The second kappa shape index (κ2) is 4.83. The van der Waals surface area contributed by atoms with Crippen molar-refractivity contribution in [3.8, 4) is 0 Å². The van der Waals surface area contributed by atoms with Crippen LogP contribution in [0.5, 0.6) is 0 Å². The van der Waals surface area contributed by atoms with Crippen LogP contribution >= 0.6 is 0 Å². The molecule has 0 heterocycles. The van der Waals surface area contributed by atoms with Gasteiger partial charge in [0.1, 0.15) is 0 Å². The quantitative estimate of drug-likeness (QED) is 0.660. The number of nitrogens with one attached hydrogen (secondary N) is 1. The van der Waals surface area contributed by atoms with Crippen LogP contribution in [0.4, 0.5) is 0 Å². The molecular formula is C10H23NO. The van der Waals surface area contributed by atoms with E-state index in [9.17, 15) is 0 Å². The molecule has 0 saturated carbocycles. The molecule has 0 fully saturated rings. The second-order valence-corrected chi connectivity index (χ2v) is 4.51. The van der Waals surface area contributed by atoms with E-state index in [0.29, 0.717) is 12.0 Å². The number of hydrogen-bond acceptors (Lipinski definition) is 2. The maximum atomic E-state index is 5.46. The summed E-state index contributed by atoms with van der Waals surface area (Å²) in [5.74, 6) is 0.660. The Labute approximate surface area is 76.6 Å². The maximum absolute atomic E-state index is 5.46. The van der Waals surface area contributed by atoms with E-state index < -0.39 is 0 Å². The zero-order valence-electron chi connectivity index (χ0n) is 9.27. The summed E-state index contributed by atoms with van der Waals surface area (Å²) >= 11 is 0. The molecule has 0 aliphatic rings. The molecule has 0 aliphatic heterocycles. The van der Waals surface area contributed by atoms with Gasteiger partial charge in [0.15, 0.2) is 0 Å². The minimum absolute atomic E-state index is 0.0955. The van der Waals surface area contributed by atoms with Crippen LogP contribution in [0.3, 0.4) is 0 Å². The molecule has 0 aromatic carbocycles. The van der Waals surface area contributed by atoms with Crippen molar-refractivity contribution in [2.45, 2.75) is 59.6 Å². The molecular weight excluding hydrogens is 150 g/mol. The van der Waals surface area contributed by atoms with Gasteiger partial charge in [0.25, 0.3) is 0 Å². The van der Waals surface area contributed by atoms with Gasteiger partial charge in [0.2, 0.25) is 0 Å². The summed E-state index contributed by atoms with van der Waals surface area (Å²) in [5, 5.41) is 0. The molecule has 2 nitrogen and oxygen atoms in total. The van der Waals surface area contributed by atoms with Crippen molar-refractivity contribution < 1.29 is 4.84 Å². The minimum atomic E-state index is -0.0955. The lowest BCUT2D eigenvalue weighted by atomic mass is 10.0. The molecule has 0 aliphatic carbocycles. The van der Waals surface area contributed by atoms with Crippen molar-refractivity contribution in [1.29, 1.82) is 0 Å². The van der Waals surface area contributed by atoms with Crippen molar-refractivity contribution in [2.75, 3.05) is 0 Å². The van der Waals surface area contributed by atoms with Crippen LogP contribution in [-0.2, 0) is 4.84 Å². The lowest BCUT2D eigenvalue weighted by molar-refractivity contribution is -0.0925. The average Bonchev–Trinajstić information content (AvgIpc) is 1.97. The fourth-order valence-corrected chi connectivity index (χ4v) is 0.739. The molecule has 2 atom stereocenters. The van der Waals surface area contributed by atoms with E-state index >= 15 is 0 Å². The highest BCUT2D eigenvalue weighted by Crippen LogP contribution is 2.10. The first-order chi connectivity index (χ1) is 5.37. The van der Waals surface area contributed by atoms with E-state index in [1.54, 1.807) is 0 Å².